The summed E-state index contributed by atoms with van der Waals surface area (Å²) >= 11 is 0. The highest BCUT2D eigenvalue weighted by Crippen LogP contribution is 2.08. The van der Waals surface area contributed by atoms with E-state index in [1.165, 1.54) is 14.2 Å². The van der Waals surface area contributed by atoms with E-state index in [0.29, 0.717) is 0 Å². The Morgan fingerprint density at radius 2 is 0.962 bits per heavy atom. The molecule has 0 unspecified atom stereocenters. The Kier molecular flexibility index (Phi) is 15.7. The number of rotatable bonds is 12. The van der Waals surface area contributed by atoms with Gasteiger partial charge in [-0.25, -0.2) is 0 Å². The summed E-state index contributed by atoms with van der Waals surface area (Å²) < 4.78 is 9.17. The molecular formula is C14H28O12. The van der Waals surface area contributed by atoms with Crippen molar-refractivity contribution in [2.75, 3.05) is 27.4 Å². The highest BCUT2D eigenvalue weighted by molar-refractivity contribution is 5.57. The number of hydrogen-bond donors (Lipinski definition) is 8. The van der Waals surface area contributed by atoms with Crippen molar-refractivity contribution in [3.8, 4) is 0 Å². The van der Waals surface area contributed by atoms with Gasteiger partial charge in [0.25, 0.3) is 0 Å². The Labute approximate surface area is 149 Å². The molecule has 0 fully saturated rings. The molecule has 0 aliphatic rings. The fraction of sp³-hybridized carbons (Fsp3) is 0.857. The molecule has 0 aromatic carbocycles. The van der Waals surface area contributed by atoms with E-state index in [1.54, 1.807) is 0 Å². The van der Waals surface area contributed by atoms with Crippen molar-refractivity contribution in [1.82, 2.24) is 0 Å². The van der Waals surface area contributed by atoms with E-state index in [-0.39, 0.29) is 12.6 Å². The number of aliphatic hydroxyl groups excluding tert-OH is 8. The van der Waals surface area contributed by atoms with Gasteiger partial charge in [0.1, 0.15) is 48.8 Å². The van der Waals surface area contributed by atoms with Crippen LogP contribution in [0.5, 0.6) is 0 Å². The first-order valence-corrected chi connectivity index (χ1v) is 7.42. The van der Waals surface area contributed by atoms with E-state index >= 15 is 0 Å². The summed E-state index contributed by atoms with van der Waals surface area (Å²) in [4.78, 5) is 20.3. The summed E-state index contributed by atoms with van der Waals surface area (Å²) in [5, 5.41) is 71.3. The van der Waals surface area contributed by atoms with Gasteiger partial charge in [0.2, 0.25) is 0 Å². The molecule has 0 aliphatic heterocycles. The maximum absolute atomic E-state index is 10.1. The third kappa shape index (κ3) is 9.05. The smallest absolute Gasteiger partial charge is 0.151 e. The average Bonchev–Trinajstić information content (AvgIpc) is 2.67. The Morgan fingerprint density at radius 3 is 1.12 bits per heavy atom. The second-order valence-corrected chi connectivity index (χ2v) is 5.14. The summed E-state index contributed by atoms with van der Waals surface area (Å²) in [5.41, 5.74) is 0. The zero-order valence-electron chi connectivity index (χ0n) is 14.4. The van der Waals surface area contributed by atoms with Crippen LogP contribution in [0.1, 0.15) is 0 Å². The van der Waals surface area contributed by atoms with E-state index in [4.69, 9.17) is 30.6 Å². The highest BCUT2D eigenvalue weighted by atomic mass is 16.5. The number of aliphatic hydroxyl groups is 8. The van der Waals surface area contributed by atoms with Crippen LogP contribution in [0, 0.1) is 0 Å². The lowest BCUT2D eigenvalue weighted by Crippen LogP contribution is -2.47. The van der Waals surface area contributed by atoms with Crippen LogP contribution in [0.25, 0.3) is 0 Å². The topological polar surface area (TPSA) is 214 Å². The number of carbonyl (C=O) groups excluding carboxylic acids is 2. The zero-order chi connectivity index (χ0) is 20.9. The fourth-order valence-electron chi connectivity index (χ4n) is 1.77. The largest absolute Gasteiger partial charge is 0.394 e. The van der Waals surface area contributed by atoms with Crippen LogP contribution in [-0.2, 0) is 19.1 Å². The molecule has 12 heteroatoms. The van der Waals surface area contributed by atoms with Crippen LogP contribution in [0.3, 0.4) is 0 Å². The summed E-state index contributed by atoms with van der Waals surface area (Å²) in [6.07, 6.45) is -11.1. The molecule has 0 aliphatic carbocycles. The molecule has 0 amide bonds. The first kappa shape index (κ1) is 27.2. The predicted molar refractivity (Wildman–Crippen MR) is 83.9 cm³/mol. The third-order valence-electron chi connectivity index (χ3n) is 3.33. The van der Waals surface area contributed by atoms with Crippen molar-refractivity contribution in [2.24, 2.45) is 0 Å². The normalized spacial score (nSPS) is 20.4. The molecule has 0 saturated heterocycles. The highest BCUT2D eigenvalue weighted by Gasteiger charge is 2.32. The lowest BCUT2D eigenvalue weighted by molar-refractivity contribution is -0.143. The van der Waals surface area contributed by atoms with E-state index in [2.05, 4.69) is 9.47 Å². The van der Waals surface area contributed by atoms with Gasteiger partial charge in [-0.05, 0) is 0 Å². The summed E-state index contributed by atoms with van der Waals surface area (Å²) in [6, 6.07) is 0. The summed E-state index contributed by atoms with van der Waals surface area (Å²) in [7, 11) is 2.34. The van der Waals surface area contributed by atoms with Crippen LogP contribution in [0.15, 0.2) is 0 Å². The molecular weight excluding hydrogens is 360 g/mol. The van der Waals surface area contributed by atoms with Gasteiger partial charge in [-0.2, -0.15) is 0 Å². The van der Waals surface area contributed by atoms with Crippen LogP contribution < -0.4 is 0 Å². The van der Waals surface area contributed by atoms with E-state index in [9.17, 15) is 19.8 Å². The molecule has 0 bridgehead atoms. The molecule has 0 aromatic heterocycles. The Morgan fingerprint density at radius 1 is 0.692 bits per heavy atom. The van der Waals surface area contributed by atoms with Gasteiger partial charge in [-0.1, -0.05) is 0 Å². The number of ether oxygens (including phenoxy) is 2. The van der Waals surface area contributed by atoms with Gasteiger partial charge in [-0.15, -0.1) is 0 Å². The first-order chi connectivity index (χ1) is 12.2. The van der Waals surface area contributed by atoms with Crippen molar-refractivity contribution in [3.05, 3.63) is 0 Å². The fourth-order valence-corrected chi connectivity index (χ4v) is 1.77. The van der Waals surface area contributed by atoms with E-state index < -0.39 is 62.0 Å². The zero-order valence-corrected chi connectivity index (χ0v) is 14.4. The Balaban J connectivity index is 0. The van der Waals surface area contributed by atoms with Gasteiger partial charge in [0.15, 0.2) is 12.6 Å². The number of carbonyl (C=O) groups is 2. The summed E-state index contributed by atoms with van der Waals surface area (Å²) in [6.45, 7) is -1.35. The summed E-state index contributed by atoms with van der Waals surface area (Å²) in [5.74, 6) is 0. The Hall–Kier alpha value is -1.06. The lowest BCUT2D eigenvalue weighted by Gasteiger charge is -2.25. The monoisotopic (exact) mass is 388 g/mol. The molecule has 8 atom stereocenters. The minimum atomic E-state index is -1.53. The SMILES string of the molecule is CO[C@@H]([C@H](O)[C@H](O)CO)[C@@H](O)C=O.CO[C@@H]([C@H](O)[C@H](O)CO)[C@@H](O)C=O. The van der Waals surface area contributed by atoms with Gasteiger partial charge in [0.05, 0.1) is 13.2 Å². The maximum atomic E-state index is 10.1. The maximum Gasteiger partial charge on any atom is 0.151 e. The second kappa shape index (κ2) is 15.0. The van der Waals surface area contributed by atoms with Gasteiger partial charge in [0, 0.05) is 14.2 Å². The molecule has 0 spiro atoms. The number of methoxy groups -OCH3 is 2. The van der Waals surface area contributed by atoms with E-state index in [0.717, 1.165) is 0 Å². The molecule has 8 N–H and O–H groups in total. The van der Waals surface area contributed by atoms with Gasteiger partial charge >= 0.3 is 0 Å². The molecule has 0 aromatic rings. The molecule has 0 saturated carbocycles. The van der Waals surface area contributed by atoms with Crippen molar-refractivity contribution in [2.45, 2.75) is 48.8 Å². The minimum Gasteiger partial charge on any atom is -0.394 e. The van der Waals surface area contributed by atoms with Crippen LogP contribution >= 0.6 is 0 Å². The Bertz CT molecular complexity index is 334. The molecule has 0 rings (SSSR count). The lowest BCUT2D eigenvalue weighted by atomic mass is 10.0. The van der Waals surface area contributed by atoms with Crippen molar-refractivity contribution in [1.29, 1.82) is 0 Å². The molecule has 0 heterocycles. The molecule has 156 valence electrons. The first-order valence-electron chi connectivity index (χ1n) is 7.42. The van der Waals surface area contributed by atoms with Gasteiger partial charge in [-0.3, -0.25) is 0 Å². The predicted octanol–water partition coefficient (Wildman–Crippen LogP) is -5.45. The second-order valence-electron chi connectivity index (χ2n) is 5.14. The van der Waals surface area contributed by atoms with Crippen molar-refractivity contribution < 1.29 is 59.9 Å². The van der Waals surface area contributed by atoms with Crippen LogP contribution in [0.2, 0.25) is 0 Å². The van der Waals surface area contributed by atoms with Crippen molar-refractivity contribution in [3.63, 3.8) is 0 Å². The average molecular weight is 388 g/mol. The quantitative estimate of drug-likeness (QED) is 0.147. The van der Waals surface area contributed by atoms with Crippen molar-refractivity contribution >= 4 is 12.6 Å². The molecule has 26 heavy (non-hydrogen) atoms. The van der Waals surface area contributed by atoms with Crippen LogP contribution in [-0.4, -0.2) is 130 Å². The van der Waals surface area contributed by atoms with Crippen LogP contribution in [0.4, 0.5) is 0 Å². The number of hydrogen-bond acceptors (Lipinski definition) is 12. The van der Waals surface area contributed by atoms with E-state index in [1.807, 2.05) is 0 Å². The molecule has 12 nitrogen and oxygen atoms in total. The minimum absolute atomic E-state index is 0.182. The van der Waals surface area contributed by atoms with Gasteiger partial charge < -0.3 is 59.9 Å². The third-order valence-corrected chi connectivity index (χ3v) is 3.33. The number of aldehydes is 2. The standard InChI is InChI=1S/2C7H14O6/c2*1-13-7(5(11)3-9)6(12)4(10)2-8/h2*3-8,10-12H,2H2,1H3/t2*4-,5+,6-,7-/m11/s1. The molecule has 0 radical (unpaired) electrons.